The van der Waals surface area contributed by atoms with Crippen molar-refractivity contribution in [1.29, 1.82) is 0 Å². The van der Waals surface area contributed by atoms with Crippen LogP contribution < -0.4 is 0 Å². The molecule has 2 N–H and O–H groups in total. The van der Waals surface area contributed by atoms with Gasteiger partial charge in [0.25, 0.3) is 0 Å². The van der Waals surface area contributed by atoms with Gasteiger partial charge in [-0.2, -0.15) is 0 Å². The number of aliphatic hydroxyl groups excluding tert-OH is 1. The summed E-state index contributed by atoms with van der Waals surface area (Å²) in [6, 6.07) is 4.52. The lowest BCUT2D eigenvalue weighted by Gasteiger charge is -2.18. The fraction of sp³-hybridized carbons (Fsp3) is 0.533. The molecule has 134 valence electrons. The number of aliphatic hydroxyl groups is 1. The first-order valence-corrected chi connectivity index (χ1v) is 9.42. The minimum absolute atomic E-state index is 0.0570. The van der Waals surface area contributed by atoms with Gasteiger partial charge in [-0.1, -0.05) is 17.7 Å². The number of carbonyl (C=O) groups excluding carboxylic acids is 1. The van der Waals surface area contributed by atoms with Gasteiger partial charge in [-0.25, -0.2) is 12.7 Å². The van der Waals surface area contributed by atoms with Crippen molar-refractivity contribution < 1.29 is 23.4 Å². The lowest BCUT2D eigenvalue weighted by atomic mass is 10.1. The van der Waals surface area contributed by atoms with Gasteiger partial charge >= 0.3 is 0 Å². The number of amides is 1. The molecule has 1 aromatic rings. The predicted molar refractivity (Wildman–Crippen MR) is 90.4 cm³/mol. The van der Waals surface area contributed by atoms with Crippen molar-refractivity contribution in [1.82, 2.24) is 9.21 Å². The molecular weight excluding hydrogens is 356 g/mol. The zero-order valence-electron chi connectivity index (χ0n) is 13.5. The summed E-state index contributed by atoms with van der Waals surface area (Å²) in [6.07, 6.45) is -0.799. The molecule has 0 radical (unpaired) electrons. The maximum atomic E-state index is 12.4. The zero-order valence-corrected chi connectivity index (χ0v) is 15.1. The molecule has 1 saturated heterocycles. The minimum atomic E-state index is -3.44. The number of hydrogen-bond acceptors (Lipinski definition) is 5. The summed E-state index contributed by atoms with van der Waals surface area (Å²) in [4.78, 5) is 13.8. The number of aromatic hydroxyl groups is 1. The first-order valence-electron chi connectivity index (χ1n) is 7.43. The van der Waals surface area contributed by atoms with E-state index < -0.39 is 22.0 Å². The molecule has 1 fully saturated rings. The summed E-state index contributed by atoms with van der Waals surface area (Å²) < 4.78 is 25.0. The summed E-state index contributed by atoms with van der Waals surface area (Å²) in [7, 11) is -0.566. The number of benzene rings is 1. The molecule has 0 bridgehead atoms. The van der Waals surface area contributed by atoms with Crippen molar-refractivity contribution in [2.75, 3.05) is 32.9 Å². The fourth-order valence-corrected chi connectivity index (χ4v) is 3.96. The smallest absolute Gasteiger partial charge is 0.227 e. The standard InChI is InChI=1S/C15H21ClN2O5S/c1-17(2)24(22,23)9-11-7-18(8-14(11)20)15(21)6-10-3-4-13(19)12(16)5-10/h3-5,11,14,19-20H,6-9H2,1-2H3/t11-,14+/m0/s1. The lowest BCUT2D eigenvalue weighted by molar-refractivity contribution is -0.129. The molecule has 7 nitrogen and oxygen atoms in total. The Morgan fingerprint density at radius 1 is 1.38 bits per heavy atom. The largest absolute Gasteiger partial charge is 0.506 e. The molecule has 0 aliphatic carbocycles. The number of phenols is 1. The summed E-state index contributed by atoms with van der Waals surface area (Å²) in [5, 5.41) is 19.6. The van der Waals surface area contributed by atoms with Crippen molar-refractivity contribution in [3.05, 3.63) is 28.8 Å². The molecule has 1 amide bonds. The maximum absolute atomic E-state index is 12.4. The highest BCUT2D eigenvalue weighted by Gasteiger charge is 2.37. The van der Waals surface area contributed by atoms with Crippen LogP contribution in [0.15, 0.2) is 18.2 Å². The van der Waals surface area contributed by atoms with Gasteiger partial charge in [-0.3, -0.25) is 4.79 Å². The van der Waals surface area contributed by atoms with E-state index in [1.807, 2.05) is 0 Å². The number of halogens is 1. The van der Waals surface area contributed by atoms with Crippen LogP contribution in [0.3, 0.4) is 0 Å². The molecule has 2 rings (SSSR count). The number of phenolic OH excluding ortho intramolecular Hbond substituents is 1. The molecule has 0 spiro atoms. The normalized spacial score (nSPS) is 21.5. The zero-order chi connectivity index (χ0) is 18.1. The van der Waals surface area contributed by atoms with E-state index in [1.54, 1.807) is 6.07 Å². The van der Waals surface area contributed by atoms with Crippen molar-refractivity contribution in [3.63, 3.8) is 0 Å². The molecule has 1 aliphatic rings. The van der Waals surface area contributed by atoms with Gasteiger partial charge < -0.3 is 15.1 Å². The quantitative estimate of drug-likeness (QED) is 0.770. The number of sulfonamides is 1. The van der Waals surface area contributed by atoms with E-state index in [9.17, 15) is 23.4 Å². The van der Waals surface area contributed by atoms with Gasteiger partial charge in [-0.15, -0.1) is 0 Å². The molecule has 9 heteroatoms. The van der Waals surface area contributed by atoms with E-state index in [-0.39, 0.29) is 41.9 Å². The SMILES string of the molecule is CN(C)S(=O)(=O)C[C@@H]1CN(C(=O)Cc2ccc(O)c(Cl)c2)C[C@H]1O. The highest BCUT2D eigenvalue weighted by atomic mass is 35.5. The summed E-state index contributed by atoms with van der Waals surface area (Å²) in [5.41, 5.74) is 0.640. The average molecular weight is 377 g/mol. The van der Waals surface area contributed by atoms with Crippen molar-refractivity contribution >= 4 is 27.5 Å². The van der Waals surface area contributed by atoms with E-state index >= 15 is 0 Å². The Kier molecular flexibility index (Phi) is 5.74. The number of rotatable bonds is 5. The summed E-state index contributed by atoms with van der Waals surface area (Å²) in [6.45, 7) is 0.303. The third kappa shape index (κ3) is 4.38. The van der Waals surface area contributed by atoms with Crippen LogP contribution in [0.25, 0.3) is 0 Å². The Bertz CT molecular complexity index is 723. The summed E-state index contributed by atoms with van der Waals surface area (Å²) >= 11 is 5.82. The third-order valence-corrected chi connectivity index (χ3v) is 6.37. The Hall–Kier alpha value is -1.35. The van der Waals surface area contributed by atoms with Crippen LogP contribution in [-0.2, 0) is 21.2 Å². The van der Waals surface area contributed by atoms with Crippen LogP contribution in [0.2, 0.25) is 5.02 Å². The number of hydrogen-bond donors (Lipinski definition) is 2. The lowest BCUT2D eigenvalue weighted by Crippen LogP contribution is -2.34. The molecule has 2 atom stereocenters. The van der Waals surface area contributed by atoms with Gasteiger partial charge in [0.1, 0.15) is 5.75 Å². The van der Waals surface area contributed by atoms with Crippen LogP contribution >= 0.6 is 11.6 Å². The maximum Gasteiger partial charge on any atom is 0.227 e. The molecule has 24 heavy (non-hydrogen) atoms. The molecule has 1 aromatic carbocycles. The first kappa shape index (κ1) is 19.0. The highest BCUT2D eigenvalue weighted by molar-refractivity contribution is 7.89. The van der Waals surface area contributed by atoms with Crippen molar-refractivity contribution in [3.8, 4) is 5.75 Å². The minimum Gasteiger partial charge on any atom is -0.506 e. The first-order chi connectivity index (χ1) is 11.1. The monoisotopic (exact) mass is 376 g/mol. The Morgan fingerprint density at radius 3 is 2.62 bits per heavy atom. The number of carbonyl (C=O) groups is 1. The Labute approximate surface area is 146 Å². The van der Waals surface area contributed by atoms with Crippen LogP contribution in [0.5, 0.6) is 5.75 Å². The molecule has 1 aliphatic heterocycles. The van der Waals surface area contributed by atoms with E-state index in [2.05, 4.69) is 0 Å². The topological polar surface area (TPSA) is 98.2 Å². The average Bonchev–Trinajstić information content (AvgIpc) is 2.83. The van der Waals surface area contributed by atoms with Crippen molar-refractivity contribution in [2.45, 2.75) is 12.5 Å². The van der Waals surface area contributed by atoms with E-state index in [1.165, 1.54) is 31.1 Å². The molecule has 1 heterocycles. The summed E-state index contributed by atoms with van der Waals surface area (Å²) in [5.74, 6) is -0.987. The highest BCUT2D eigenvalue weighted by Crippen LogP contribution is 2.25. The van der Waals surface area contributed by atoms with Gasteiger partial charge in [-0.05, 0) is 17.7 Å². The molecule has 0 aromatic heterocycles. The second kappa shape index (κ2) is 7.26. The van der Waals surface area contributed by atoms with Crippen LogP contribution in [0.1, 0.15) is 5.56 Å². The molecule has 0 saturated carbocycles. The number of likely N-dealkylation sites (tertiary alicyclic amines) is 1. The molecule has 0 unspecified atom stereocenters. The van der Waals surface area contributed by atoms with Crippen LogP contribution in [0.4, 0.5) is 0 Å². The van der Waals surface area contributed by atoms with Gasteiger partial charge in [0.05, 0.1) is 23.3 Å². The van der Waals surface area contributed by atoms with Crippen LogP contribution in [-0.4, -0.2) is 72.8 Å². The van der Waals surface area contributed by atoms with Gasteiger partial charge in [0.15, 0.2) is 0 Å². The molecular formula is C15H21ClN2O5S. The number of nitrogens with zero attached hydrogens (tertiary/aromatic N) is 2. The fourth-order valence-electron chi connectivity index (χ4n) is 2.59. The second-order valence-electron chi connectivity index (χ2n) is 6.15. The van der Waals surface area contributed by atoms with Crippen molar-refractivity contribution in [2.24, 2.45) is 5.92 Å². The van der Waals surface area contributed by atoms with Crippen LogP contribution in [0, 0.1) is 5.92 Å². The Balaban J connectivity index is 2.00. The van der Waals surface area contributed by atoms with Gasteiger partial charge in [0, 0.05) is 33.1 Å². The predicted octanol–water partition coefficient (Wildman–Crippen LogP) is 0.299. The third-order valence-electron chi connectivity index (χ3n) is 4.11. The second-order valence-corrected chi connectivity index (χ2v) is 8.78. The number of β-amino-alcohol motifs (C(OH)–C–C–N with tert-alkyl or cyclic N) is 1. The van der Waals surface area contributed by atoms with E-state index in [4.69, 9.17) is 11.6 Å². The van der Waals surface area contributed by atoms with Gasteiger partial charge in [0.2, 0.25) is 15.9 Å². The van der Waals surface area contributed by atoms with E-state index in [0.29, 0.717) is 5.56 Å². The van der Waals surface area contributed by atoms with E-state index in [0.717, 1.165) is 4.31 Å². The Morgan fingerprint density at radius 2 is 2.04 bits per heavy atom.